The van der Waals surface area contributed by atoms with E-state index in [-0.39, 0.29) is 27.2 Å². The van der Waals surface area contributed by atoms with Gasteiger partial charge in [-0.1, -0.05) is 23.2 Å². The van der Waals surface area contributed by atoms with Gasteiger partial charge in [0.1, 0.15) is 17.9 Å². The van der Waals surface area contributed by atoms with E-state index >= 15 is 0 Å². The van der Waals surface area contributed by atoms with Crippen molar-refractivity contribution in [1.29, 1.82) is 0 Å². The third-order valence-corrected chi connectivity index (χ3v) is 3.21. The molecule has 0 saturated heterocycles. The molecule has 0 fully saturated rings. The molecule has 0 spiro atoms. The van der Waals surface area contributed by atoms with Gasteiger partial charge in [-0.25, -0.2) is 0 Å². The van der Waals surface area contributed by atoms with Gasteiger partial charge in [0, 0.05) is 5.69 Å². The van der Waals surface area contributed by atoms with Gasteiger partial charge in [0.15, 0.2) is 5.75 Å². The molecular weight excluding hydrogens is 345 g/mol. The number of carboxylic acids is 1. The lowest BCUT2D eigenvalue weighted by Gasteiger charge is -2.12. The number of amides is 1. The molecule has 0 heterocycles. The number of carbonyl (C=O) groups is 2. The van der Waals surface area contributed by atoms with Crippen LogP contribution in [0.2, 0.25) is 10.0 Å². The molecule has 0 aromatic heterocycles. The van der Waals surface area contributed by atoms with Gasteiger partial charge in [0.25, 0.3) is 0 Å². The monoisotopic (exact) mass is 355 g/mol. The van der Waals surface area contributed by atoms with E-state index in [1.165, 1.54) is 36.4 Å². The highest BCUT2D eigenvalue weighted by Crippen LogP contribution is 2.39. The number of benzene rings is 2. The van der Waals surface area contributed by atoms with Crippen molar-refractivity contribution in [2.24, 2.45) is 0 Å². The third kappa shape index (κ3) is 4.77. The fraction of sp³-hybridized carbons (Fsp3) is 0.0667. The highest BCUT2D eigenvalue weighted by Gasteiger charge is 2.14. The molecule has 2 aromatic rings. The van der Waals surface area contributed by atoms with Crippen molar-refractivity contribution in [3.8, 4) is 17.2 Å². The van der Waals surface area contributed by atoms with Crippen LogP contribution < -0.4 is 10.1 Å². The first-order valence-corrected chi connectivity index (χ1v) is 7.08. The normalized spacial score (nSPS) is 10.2. The maximum absolute atomic E-state index is 11.4. The number of halogens is 2. The SMILES string of the molecule is O=C(O)CC(=O)Nc1cc(Cl)c(Oc2ccc(O)cc2)c(Cl)c1. The second kappa shape index (κ2) is 7.21. The lowest BCUT2D eigenvalue weighted by atomic mass is 10.2. The Bertz CT molecular complexity index is 723. The number of anilines is 1. The summed E-state index contributed by atoms with van der Waals surface area (Å²) in [5.74, 6) is -1.26. The molecule has 8 heteroatoms. The summed E-state index contributed by atoms with van der Waals surface area (Å²) in [6, 6.07) is 8.73. The molecule has 0 aliphatic carbocycles. The van der Waals surface area contributed by atoms with Crippen molar-refractivity contribution in [2.75, 3.05) is 5.32 Å². The van der Waals surface area contributed by atoms with E-state index in [2.05, 4.69) is 5.32 Å². The van der Waals surface area contributed by atoms with Crippen molar-refractivity contribution < 1.29 is 24.5 Å². The summed E-state index contributed by atoms with van der Waals surface area (Å²) in [6.07, 6.45) is -0.666. The number of phenolic OH excluding ortho intramolecular Hbond substituents is 1. The Balaban J connectivity index is 2.18. The second-order valence-corrected chi connectivity index (χ2v) is 5.30. The van der Waals surface area contributed by atoms with Gasteiger partial charge in [-0.3, -0.25) is 9.59 Å². The smallest absolute Gasteiger partial charge is 0.312 e. The van der Waals surface area contributed by atoms with Gasteiger partial charge >= 0.3 is 5.97 Å². The number of phenols is 1. The van der Waals surface area contributed by atoms with Crippen LogP contribution >= 0.6 is 23.2 Å². The van der Waals surface area contributed by atoms with Crippen LogP contribution in [0.25, 0.3) is 0 Å². The predicted octanol–water partition coefficient (Wildman–Crippen LogP) is 3.90. The molecule has 0 aliphatic heterocycles. The quantitative estimate of drug-likeness (QED) is 0.706. The number of aromatic hydroxyl groups is 1. The summed E-state index contributed by atoms with van der Waals surface area (Å²) in [5, 5.41) is 20.4. The zero-order chi connectivity index (χ0) is 17.0. The van der Waals surface area contributed by atoms with Crippen LogP contribution in [0.4, 0.5) is 5.69 Å². The Kier molecular flexibility index (Phi) is 5.31. The minimum absolute atomic E-state index is 0.0889. The Morgan fingerprint density at radius 1 is 1.09 bits per heavy atom. The largest absolute Gasteiger partial charge is 0.508 e. The molecule has 0 bridgehead atoms. The summed E-state index contributed by atoms with van der Waals surface area (Å²) in [4.78, 5) is 21.9. The Labute approximate surface area is 141 Å². The zero-order valence-corrected chi connectivity index (χ0v) is 13.1. The Morgan fingerprint density at radius 3 is 2.17 bits per heavy atom. The predicted molar refractivity (Wildman–Crippen MR) is 85.5 cm³/mol. The molecule has 120 valence electrons. The summed E-state index contributed by atoms with van der Waals surface area (Å²) in [5.41, 5.74) is 0.254. The van der Waals surface area contributed by atoms with Gasteiger partial charge in [-0.05, 0) is 36.4 Å². The van der Waals surface area contributed by atoms with E-state index in [0.717, 1.165) is 0 Å². The molecule has 0 aliphatic rings. The van der Waals surface area contributed by atoms with Crippen molar-refractivity contribution in [3.63, 3.8) is 0 Å². The van der Waals surface area contributed by atoms with Crippen molar-refractivity contribution in [2.45, 2.75) is 6.42 Å². The molecule has 3 N–H and O–H groups in total. The number of carbonyl (C=O) groups excluding carboxylic acids is 1. The lowest BCUT2D eigenvalue weighted by Crippen LogP contribution is -2.15. The number of nitrogens with one attached hydrogen (secondary N) is 1. The topological polar surface area (TPSA) is 95.9 Å². The number of hydrogen-bond donors (Lipinski definition) is 3. The molecule has 0 unspecified atom stereocenters. The number of rotatable bonds is 5. The molecule has 0 saturated carbocycles. The fourth-order valence-corrected chi connectivity index (χ4v) is 2.27. The van der Waals surface area contributed by atoms with Gasteiger partial charge in [-0.15, -0.1) is 0 Å². The molecular formula is C15H11Cl2NO5. The highest BCUT2D eigenvalue weighted by molar-refractivity contribution is 6.37. The van der Waals surface area contributed by atoms with Crippen LogP contribution in [-0.4, -0.2) is 22.1 Å². The molecule has 6 nitrogen and oxygen atoms in total. The number of carboxylic acid groups (broad SMARTS) is 1. The maximum atomic E-state index is 11.4. The molecule has 1 amide bonds. The van der Waals surface area contributed by atoms with Crippen LogP contribution in [0, 0.1) is 0 Å². The van der Waals surface area contributed by atoms with Crippen LogP contribution in [0.5, 0.6) is 17.2 Å². The first-order chi connectivity index (χ1) is 10.8. The second-order valence-electron chi connectivity index (χ2n) is 4.48. The van der Waals surface area contributed by atoms with Crippen molar-refractivity contribution in [3.05, 3.63) is 46.4 Å². The number of aliphatic carboxylic acids is 1. The first-order valence-electron chi connectivity index (χ1n) is 6.32. The number of ether oxygens (including phenoxy) is 1. The number of hydrogen-bond acceptors (Lipinski definition) is 4. The highest BCUT2D eigenvalue weighted by atomic mass is 35.5. The molecule has 2 aromatic carbocycles. The van der Waals surface area contributed by atoms with E-state index in [0.29, 0.717) is 5.75 Å². The summed E-state index contributed by atoms with van der Waals surface area (Å²) < 4.78 is 5.54. The zero-order valence-electron chi connectivity index (χ0n) is 11.5. The van der Waals surface area contributed by atoms with E-state index in [1.807, 2.05) is 0 Å². The van der Waals surface area contributed by atoms with E-state index in [1.54, 1.807) is 0 Å². The minimum Gasteiger partial charge on any atom is -0.508 e. The van der Waals surface area contributed by atoms with Gasteiger partial charge in [0.2, 0.25) is 5.91 Å². The van der Waals surface area contributed by atoms with Crippen LogP contribution in [0.15, 0.2) is 36.4 Å². The summed E-state index contributed by atoms with van der Waals surface area (Å²) in [7, 11) is 0. The summed E-state index contributed by atoms with van der Waals surface area (Å²) in [6.45, 7) is 0. The Morgan fingerprint density at radius 2 is 1.65 bits per heavy atom. The average molecular weight is 356 g/mol. The van der Waals surface area contributed by atoms with E-state index in [4.69, 9.17) is 33.0 Å². The standard InChI is InChI=1S/C15H11Cl2NO5/c16-11-5-8(18-13(20)7-14(21)22)6-12(17)15(11)23-10-3-1-9(19)2-4-10/h1-6,19H,7H2,(H,18,20)(H,21,22). The lowest BCUT2D eigenvalue weighted by molar-refractivity contribution is -0.139. The van der Waals surface area contributed by atoms with Crippen LogP contribution in [0.1, 0.15) is 6.42 Å². The minimum atomic E-state index is -1.24. The Hall–Kier alpha value is -2.44. The van der Waals surface area contributed by atoms with Gasteiger partial charge < -0.3 is 20.3 Å². The van der Waals surface area contributed by atoms with Crippen LogP contribution in [0.3, 0.4) is 0 Å². The van der Waals surface area contributed by atoms with Gasteiger partial charge in [0.05, 0.1) is 10.0 Å². The molecule has 2 rings (SSSR count). The van der Waals surface area contributed by atoms with E-state index in [9.17, 15) is 14.7 Å². The van der Waals surface area contributed by atoms with E-state index < -0.39 is 18.3 Å². The van der Waals surface area contributed by atoms with Crippen molar-refractivity contribution >= 4 is 40.8 Å². The fourth-order valence-electron chi connectivity index (χ4n) is 1.70. The third-order valence-electron chi connectivity index (χ3n) is 2.65. The molecule has 23 heavy (non-hydrogen) atoms. The molecule has 0 atom stereocenters. The van der Waals surface area contributed by atoms with Crippen molar-refractivity contribution in [1.82, 2.24) is 0 Å². The van der Waals surface area contributed by atoms with Gasteiger partial charge in [-0.2, -0.15) is 0 Å². The maximum Gasteiger partial charge on any atom is 0.312 e. The summed E-state index contributed by atoms with van der Waals surface area (Å²) >= 11 is 12.2. The molecule has 0 radical (unpaired) electrons. The first kappa shape index (κ1) is 16.9. The van der Waals surface area contributed by atoms with Crippen LogP contribution in [-0.2, 0) is 9.59 Å². The average Bonchev–Trinajstić information content (AvgIpc) is 2.44.